The van der Waals surface area contributed by atoms with E-state index in [9.17, 15) is 15.2 Å². The Bertz CT molecular complexity index is 723. The van der Waals surface area contributed by atoms with Gasteiger partial charge in [0.1, 0.15) is 5.15 Å². The van der Waals surface area contributed by atoms with Gasteiger partial charge in [-0.3, -0.25) is 10.1 Å². The number of aliphatic hydroxyl groups excluding tert-OH is 1. The molecule has 2 rings (SSSR count). The van der Waals surface area contributed by atoms with E-state index in [4.69, 9.17) is 16.3 Å². The van der Waals surface area contributed by atoms with Crippen molar-refractivity contribution in [1.82, 2.24) is 9.97 Å². The van der Waals surface area contributed by atoms with E-state index >= 15 is 0 Å². The summed E-state index contributed by atoms with van der Waals surface area (Å²) >= 11 is 5.81. The van der Waals surface area contributed by atoms with Crippen molar-refractivity contribution in [3.8, 4) is 5.88 Å². The number of nitrogens with zero attached hydrogens (tertiary/aromatic N) is 4. The largest absolute Gasteiger partial charge is 0.481 e. The van der Waals surface area contributed by atoms with E-state index in [1.807, 2.05) is 6.92 Å². The van der Waals surface area contributed by atoms with Crippen LogP contribution in [-0.2, 0) is 6.54 Å². The van der Waals surface area contributed by atoms with Crippen LogP contribution < -0.4 is 9.64 Å². The van der Waals surface area contributed by atoms with Crippen LogP contribution in [0.25, 0.3) is 0 Å². The zero-order valence-corrected chi connectivity index (χ0v) is 14.7. The summed E-state index contributed by atoms with van der Waals surface area (Å²) in [5.41, 5.74) is 0.629. The van der Waals surface area contributed by atoms with Crippen LogP contribution >= 0.6 is 11.6 Å². The Kier molecular flexibility index (Phi) is 6.49. The number of ether oxygens (including phenoxy) is 1. The summed E-state index contributed by atoms with van der Waals surface area (Å²) in [6, 6.07) is 5.84. The highest BCUT2D eigenvalue weighted by Gasteiger charge is 2.27. The second-order valence-corrected chi connectivity index (χ2v) is 5.70. The molecule has 134 valence electrons. The van der Waals surface area contributed by atoms with Crippen molar-refractivity contribution in [2.24, 2.45) is 0 Å². The molecule has 0 saturated heterocycles. The van der Waals surface area contributed by atoms with Gasteiger partial charge in [0, 0.05) is 24.9 Å². The molecular weight excluding hydrogens is 348 g/mol. The molecule has 0 aromatic carbocycles. The van der Waals surface area contributed by atoms with E-state index in [0.29, 0.717) is 11.6 Å². The molecule has 9 heteroatoms. The Morgan fingerprint density at radius 1 is 1.40 bits per heavy atom. The van der Waals surface area contributed by atoms with Crippen molar-refractivity contribution < 1.29 is 14.8 Å². The summed E-state index contributed by atoms with van der Waals surface area (Å²) in [4.78, 5) is 20.9. The molecule has 1 unspecified atom stereocenters. The molecule has 0 fully saturated rings. The molecule has 0 aliphatic carbocycles. The molecule has 1 atom stereocenters. The van der Waals surface area contributed by atoms with E-state index in [2.05, 4.69) is 9.97 Å². The maximum Gasteiger partial charge on any atom is 0.311 e. The highest BCUT2D eigenvalue weighted by Crippen LogP contribution is 2.31. The molecule has 0 spiro atoms. The molecule has 1 N–H and O–H groups in total. The fourth-order valence-electron chi connectivity index (χ4n) is 2.41. The number of hydrogen-bond acceptors (Lipinski definition) is 7. The van der Waals surface area contributed by atoms with Gasteiger partial charge in [0.25, 0.3) is 0 Å². The zero-order valence-electron chi connectivity index (χ0n) is 13.9. The molecule has 0 saturated carbocycles. The van der Waals surface area contributed by atoms with Crippen molar-refractivity contribution >= 4 is 23.1 Å². The predicted octanol–water partition coefficient (Wildman–Crippen LogP) is 2.82. The topological polar surface area (TPSA) is 102 Å². The predicted molar refractivity (Wildman–Crippen MR) is 94.0 cm³/mol. The van der Waals surface area contributed by atoms with E-state index in [1.165, 1.54) is 19.2 Å². The monoisotopic (exact) mass is 366 g/mol. The van der Waals surface area contributed by atoms with Crippen LogP contribution in [0.3, 0.4) is 0 Å². The fourth-order valence-corrected chi connectivity index (χ4v) is 2.52. The Labute approximate surface area is 150 Å². The van der Waals surface area contributed by atoms with Crippen LogP contribution in [0, 0.1) is 10.1 Å². The lowest BCUT2D eigenvalue weighted by Gasteiger charge is -2.30. The molecule has 8 nitrogen and oxygen atoms in total. The van der Waals surface area contributed by atoms with Crippen molar-refractivity contribution in [2.45, 2.75) is 25.9 Å². The first-order valence-electron chi connectivity index (χ1n) is 7.67. The normalized spacial score (nSPS) is 11.8. The van der Waals surface area contributed by atoms with Crippen LogP contribution in [0.2, 0.25) is 5.15 Å². The van der Waals surface area contributed by atoms with Gasteiger partial charge in [0.05, 0.1) is 24.7 Å². The number of halogens is 1. The van der Waals surface area contributed by atoms with Gasteiger partial charge in [0.15, 0.2) is 0 Å². The third kappa shape index (κ3) is 4.55. The standard InChI is InChI=1S/C16H19ClN4O4/c1-3-12(10-22)20(9-11-4-6-14(17)18-8-11)16-13(21(23)24)5-7-15(19-16)25-2/h4-8,12,22H,3,9-10H2,1-2H3. The summed E-state index contributed by atoms with van der Waals surface area (Å²) in [6.07, 6.45) is 2.17. The quantitative estimate of drug-likeness (QED) is 0.435. The molecule has 0 aliphatic rings. The number of anilines is 1. The third-order valence-corrected chi connectivity index (χ3v) is 3.99. The number of nitro groups is 1. The smallest absolute Gasteiger partial charge is 0.311 e. The van der Waals surface area contributed by atoms with E-state index < -0.39 is 4.92 Å². The molecular formula is C16H19ClN4O4. The maximum absolute atomic E-state index is 11.4. The highest BCUT2D eigenvalue weighted by atomic mass is 35.5. The van der Waals surface area contributed by atoms with Crippen LogP contribution in [-0.4, -0.2) is 39.8 Å². The zero-order chi connectivity index (χ0) is 18.4. The number of pyridine rings is 2. The van der Waals surface area contributed by atoms with Crippen LogP contribution in [0.4, 0.5) is 11.5 Å². The molecule has 0 aliphatic heterocycles. The number of hydrogen-bond donors (Lipinski definition) is 1. The number of methoxy groups -OCH3 is 1. The van der Waals surface area contributed by atoms with Gasteiger partial charge in [0.2, 0.25) is 11.7 Å². The fraction of sp³-hybridized carbons (Fsp3) is 0.375. The summed E-state index contributed by atoms with van der Waals surface area (Å²) in [5, 5.41) is 21.5. The number of rotatable bonds is 8. The van der Waals surface area contributed by atoms with E-state index in [-0.39, 0.29) is 36.6 Å². The molecule has 25 heavy (non-hydrogen) atoms. The average Bonchev–Trinajstić information content (AvgIpc) is 2.62. The van der Waals surface area contributed by atoms with Crippen LogP contribution in [0.15, 0.2) is 30.5 Å². The lowest BCUT2D eigenvalue weighted by atomic mass is 10.1. The minimum absolute atomic E-state index is 0.139. The molecule has 0 amide bonds. The molecule has 0 radical (unpaired) electrons. The Morgan fingerprint density at radius 3 is 2.68 bits per heavy atom. The maximum atomic E-state index is 11.4. The Hall–Kier alpha value is -2.45. The van der Waals surface area contributed by atoms with Crippen LogP contribution in [0.1, 0.15) is 18.9 Å². The van der Waals surface area contributed by atoms with Crippen LogP contribution in [0.5, 0.6) is 5.88 Å². The van der Waals surface area contributed by atoms with Gasteiger partial charge in [-0.25, -0.2) is 4.98 Å². The molecule has 2 heterocycles. The Morgan fingerprint density at radius 2 is 2.16 bits per heavy atom. The molecule has 0 bridgehead atoms. The summed E-state index contributed by atoms with van der Waals surface area (Å²) < 4.78 is 5.10. The number of aliphatic hydroxyl groups is 1. The van der Waals surface area contributed by atoms with E-state index in [0.717, 1.165) is 5.56 Å². The van der Waals surface area contributed by atoms with Gasteiger partial charge < -0.3 is 14.7 Å². The lowest BCUT2D eigenvalue weighted by molar-refractivity contribution is -0.384. The van der Waals surface area contributed by atoms with Gasteiger partial charge >= 0.3 is 5.69 Å². The van der Waals surface area contributed by atoms with Crippen molar-refractivity contribution in [2.75, 3.05) is 18.6 Å². The first-order valence-corrected chi connectivity index (χ1v) is 8.05. The summed E-state index contributed by atoms with van der Waals surface area (Å²) in [5.74, 6) is 0.396. The van der Waals surface area contributed by atoms with Gasteiger partial charge in [-0.05, 0) is 18.1 Å². The van der Waals surface area contributed by atoms with Crippen molar-refractivity contribution in [3.63, 3.8) is 0 Å². The van der Waals surface area contributed by atoms with E-state index in [1.54, 1.807) is 23.2 Å². The van der Waals surface area contributed by atoms with Gasteiger partial charge in [-0.15, -0.1) is 0 Å². The van der Waals surface area contributed by atoms with Gasteiger partial charge in [-0.1, -0.05) is 24.6 Å². The average molecular weight is 367 g/mol. The second-order valence-electron chi connectivity index (χ2n) is 5.32. The second kappa shape index (κ2) is 8.59. The lowest BCUT2D eigenvalue weighted by Crippen LogP contribution is -2.38. The highest BCUT2D eigenvalue weighted by molar-refractivity contribution is 6.29. The van der Waals surface area contributed by atoms with Crippen molar-refractivity contribution in [1.29, 1.82) is 0 Å². The third-order valence-electron chi connectivity index (χ3n) is 3.77. The first kappa shape index (κ1) is 18.9. The SMILES string of the molecule is CCC(CO)N(Cc1ccc(Cl)nc1)c1nc(OC)ccc1[N+](=O)[O-]. The minimum Gasteiger partial charge on any atom is -0.481 e. The Balaban J connectivity index is 2.51. The summed E-state index contributed by atoms with van der Waals surface area (Å²) in [6.45, 7) is 2.00. The molecule has 2 aromatic rings. The minimum atomic E-state index is -0.501. The first-order chi connectivity index (χ1) is 12.0. The van der Waals surface area contributed by atoms with Crippen molar-refractivity contribution in [3.05, 3.63) is 51.3 Å². The number of aromatic nitrogens is 2. The summed E-state index contributed by atoms with van der Waals surface area (Å²) in [7, 11) is 1.44. The molecule has 2 aromatic heterocycles. The van der Waals surface area contributed by atoms with Gasteiger partial charge in [-0.2, -0.15) is 4.98 Å².